The number of phenolic OH excluding ortho intramolecular Hbond substituents is 1. The Labute approximate surface area is 156 Å². The maximum Gasteiger partial charge on any atom is 0.417 e. The molecule has 1 unspecified atom stereocenters. The molecule has 154 valence electrons. The van der Waals surface area contributed by atoms with Crippen molar-refractivity contribution in [3.8, 4) is 5.75 Å². The summed E-state index contributed by atoms with van der Waals surface area (Å²) in [4.78, 5) is 0. The first-order valence-corrected chi connectivity index (χ1v) is 8.08. The number of alkyl halides is 3. The average molecular weight is 410 g/mol. The van der Waals surface area contributed by atoms with Crippen LogP contribution in [0.5, 0.6) is 5.75 Å². The van der Waals surface area contributed by atoms with Crippen LogP contribution in [-0.2, 0) is 11.8 Å². The SMILES string of the molecule is CC(C)(CC(O)(Cc1cc(F)c(F)c(F)c1)C(F)(F)F)c1cc(F)ccc1O. The average Bonchev–Trinajstić information content (AvgIpc) is 2.53. The predicted molar refractivity (Wildman–Crippen MR) is 86.7 cm³/mol. The molecule has 0 aliphatic rings. The molecule has 0 fully saturated rings. The highest BCUT2D eigenvalue weighted by atomic mass is 19.4. The molecule has 2 aromatic carbocycles. The molecule has 2 nitrogen and oxygen atoms in total. The molecule has 2 aromatic rings. The standard InChI is InChI=1S/C19H17F7O2/c1-17(2,12-7-11(20)3-4-15(12)27)9-18(28,19(24,25)26)8-10-5-13(21)16(23)14(22)6-10/h3-7,27-28H,8-9H2,1-2H3. The zero-order chi connectivity index (χ0) is 21.5. The van der Waals surface area contributed by atoms with E-state index in [1.165, 1.54) is 13.8 Å². The third-order valence-electron chi connectivity index (χ3n) is 4.49. The van der Waals surface area contributed by atoms with Crippen molar-refractivity contribution in [2.45, 2.75) is 43.9 Å². The van der Waals surface area contributed by atoms with E-state index in [9.17, 15) is 40.9 Å². The number of rotatable bonds is 5. The fourth-order valence-corrected chi connectivity index (χ4v) is 3.19. The van der Waals surface area contributed by atoms with Crippen molar-refractivity contribution in [1.29, 1.82) is 0 Å². The Hall–Kier alpha value is -2.29. The van der Waals surface area contributed by atoms with E-state index in [-0.39, 0.29) is 5.56 Å². The summed E-state index contributed by atoms with van der Waals surface area (Å²) >= 11 is 0. The maximum atomic E-state index is 13.6. The Balaban J connectivity index is 2.47. The fraction of sp³-hybridized carbons (Fsp3) is 0.368. The van der Waals surface area contributed by atoms with E-state index in [1.54, 1.807) is 0 Å². The third-order valence-corrected chi connectivity index (χ3v) is 4.49. The van der Waals surface area contributed by atoms with Gasteiger partial charge in [0.05, 0.1) is 0 Å². The molecule has 2 N–H and O–H groups in total. The zero-order valence-electron chi connectivity index (χ0n) is 14.8. The number of phenols is 1. The molecule has 2 rings (SSSR count). The molecule has 0 saturated heterocycles. The summed E-state index contributed by atoms with van der Waals surface area (Å²) in [7, 11) is 0. The monoisotopic (exact) mass is 410 g/mol. The lowest BCUT2D eigenvalue weighted by Crippen LogP contribution is -2.50. The van der Waals surface area contributed by atoms with Crippen molar-refractivity contribution in [3.63, 3.8) is 0 Å². The maximum absolute atomic E-state index is 13.6. The second kappa shape index (κ2) is 7.27. The van der Waals surface area contributed by atoms with Gasteiger partial charge in [-0.05, 0) is 47.7 Å². The highest BCUT2D eigenvalue weighted by Crippen LogP contribution is 2.45. The van der Waals surface area contributed by atoms with Gasteiger partial charge in [-0.25, -0.2) is 17.6 Å². The van der Waals surface area contributed by atoms with Crippen LogP contribution in [0.4, 0.5) is 30.7 Å². The first-order valence-electron chi connectivity index (χ1n) is 8.08. The minimum atomic E-state index is -5.24. The molecule has 0 heterocycles. The minimum absolute atomic E-state index is 0.188. The van der Waals surface area contributed by atoms with Crippen LogP contribution in [0.25, 0.3) is 0 Å². The Morgan fingerprint density at radius 1 is 0.893 bits per heavy atom. The van der Waals surface area contributed by atoms with Crippen molar-refractivity contribution in [2.75, 3.05) is 0 Å². The van der Waals surface area contributed by atoms with Gasteiger partial charge < -0.3 is 10.2 Å². The van der Waals surface area contributed by atoms with Crippen molar-refractivity contribution in [3.05, 3.63) is 64.7 Å². The van der Waals surface area contributed by atoms with Crippen molar-refractivity contribution in [1.82, 2.24) is 0 Å². The number of hydrogen-bond acceptors (Lipinski definition) is 2. The van der Waals surface area contributed by atoms with E-state index in [0.717, 1.165) is 18.2 Å². The van der Waals surface area contributed by atoms with Crippen LogP contribution in [0.15, 0.2) is 30.3 Å². The zero-order valence-corrected chi connectivity index (χ0v) is 14.8. The lowest BCUT2D eigenvalue weighted by molar-refractivity contribution is -0.266. The van der Waals surface area contributed by atoms with Gasteiger partial charge in [-0.2, -0.15) is 13.2 Å². The second-order valence-electron chi connectivity index (χ2n) is 7.30. The molecule has 0 aromatic heterocycles. The van der Waals surface area contributed by atoms with E-state index in [4.69, 9.17) is 0 Å². The molecule has 0 aliphatic carbocycles. The molecule has 0 amide bonds. The van der Waals surface area contributed by atoms with Crippen LogP contribution in [0, 0.1) is 23.3 Å². The van der Waals surface area contributed by atoms with Crippen molar-refractivity contribution < 1.29 is 40.9 Å². The molecule has 0 bridgehead atoms. The summed E-state index contributed by atoms with van der Waals surface area (Å²) in [5.41, 5.74) is -5.89. The molecule has 0 saturated carbocycles. The van der Waals surface area contributed by atoms with Gasteiger partial charge in [-0.15, -0.1) is 0 Å². The van der Waals surface area contributed by atoms with Crippen LogP contribution < -0.4 is 0 Å². The highest BCUT2D eigenvalue weighted by Gasteiger charge is 2.56. The van der Waals surface area contributed by atoms with Crippen molar-refractivity contribution >= 4 is 0 Å². The largest absolute Gasteiger partial charge is 0.508 e. The summed E-state index contributed by atoms with van der Waals surface area (Å²) in [5.74, 6) is -6.51. The number of halogens is 7. The quantitative estimate of drug-likeness (QED) is 0.529. The van der Waals surface area contributed by atoms with Gasteiger partial charge in [0.1, 0.15) is 11.6 Å². The Bertz CT molecular complexity index is 854. The van der Waals surface area contributed by atoms with Gasteiger partial charge in [-0.1, -0.05) is 13.8 Å². The summed E-state index contributed by atoms with van der Waals surface area (Å²) in [6.07, 6.45) is -7.58. The van der Waals surface area contributed by atoms with E-state index < -0.39 is 64.6 Å². The summed E-state index contributed by atoms with van der Waals surface area (Å²) in [5, 5.41) is 20.3. The van der Waals surface area contributed by atoms with E-state index >= 15 is 0 Å². The normalized spacial score (nSPS) is 14.8. The summed E-state index contributed by atoms with van der Waals surface area (Å²) in [6, 6.07) is 3.44. The number of aliphatic hydroxyl groups is 1. The Morgan fingerprint density at radius 3 is 1.93 bits per heavy atom. The third kappa shape index (κ3) is 4.40. The molecular formula is C19H17F7O2. The van der Waals surface area contributed by atoms with E-state index in [0.29, 0.717) is 12.1 Å². The smallest absolute Gasteiger partial charge is 0.417 e. The summed E-state index contributed by atoms with van der Waals surface area (Å²) < 4.78 is 94.2. The van der Waals surface area contributed by atoms with E-state index in [2.05, 4.69) is 0 Å². The molecule has 0 radical (unpaired) electrons. The van der Waals surface area contributed by atoms with Crippen LogP contribution >= 0.6 is 0 Å². The molecule has 0 aliphatic heterocycles. The Morgan fingerprint density at radius 2 is 1.43 bits per heavy atom. The Kier molecular flexibility index (Phi) is 5.71. The second-order valence-corrected chi connectivity index (χ2v) is 7.30. The van der Waals surface area contributed by atoms with Crippen molar-refractivity contribution in [2.24, 2.45) is 0 Å². The predicted octanol–water partition coefficient (Wildman–Crippen LogP) is 5.15. The molecule has 9 heteroatoms. The van der Waals surface area contributed by atoms with Gasteiger partial charge >= 0.3 is 6.18 Å². The molecular weight excluding hydrogens is 393 g/mol. The fourth-order valence-electron chi connectivity index (χ4n) is 3.19. The van der Waals surface area contributed by atoms with Crippen LogP contribution in [0.3, 0.4) is 0 Å². The lowest BCUT2D eigenvalue weighted by Gasteiger charge is -2.38. The molecule has 1 atom stereocenters. The van der Waals surface area contributed by atoms with Gasteiger partial charge in [0, 0.05) is 12.0 Å². The molecule has 0 spiro atoms. The molecule has 28 heavy (non-hydrogen) atoms. The van der Waals surface area contributed by atoms with Crippen LogP contribution in [0.1, 0.15) is 31.4 Å². The van der Waals surface area contributed by atoms with E-state index in [1.807, 2.05) is 0 Å². The minimum Gasteiger partial charge on any atom is -0.508 e. The highest BCUT2D eigenvalue weighted by molar-refractivity contribution is 5.39. The number of hydrogen-bond donors (Lipinski definition) is 2. The van der Waals surface area contributed by atoms with Gasteiger partial charge in [0.2, 0.25) is 0 Å². The van der Waals surface area contributed by atoms with Gasteiger partial charge in [0.25, 0.3) is 0 Å². The van der Waals surface area contributed by atoms with Gasteiger partial charge in [-0.3, -0.25) is 0 Å². The lowest BCUT2D eigenvalue weighted by atomic mass is 9.72. The number of benzene rings is 2. The summed E-state index contributed by atoms with van der Waals surface area (Å²) in [6.45, 7) is 2.48. The van der Waals surface area contributed by atoms with Crippen LogP contribution in [-0.4, -0.2) is 22.0 Å². The first kappa shape index (κ1) is 22.0. The first-order chi connectivity index (χ1) is 12.7. The number of aromatic hydroxyl groups is 1. The topological polar surface area (TPSA) is 40.5 Å². The van der Waals surface area contributed by atoms with Crippen LogP contribution in [0.2, 0.25) is 0 Å². The van der Waals surface area contributed by atoms with Gasteiger partial charge in [0.15, 0.2) is 23.1 Å².